The third-order valence-electron chi connectivity index (χ3n) is 6.36. The average molecular weight is 560 g/mol. The summed E-state index contributed by atoms with van der Waals surface area (Å²) in [4.78, 5) is 16.2. The van der Waals surface area contributed by atoms with Crippen molar-refractivity contribution >= 4 is 27.7 Å². The number of hydrogen-bond acceptors (Lipinski definition) is 7. The predicted octanol–water partition coefficient (Wildman–Crippen LogP) is 2.50. The van der Waals surface area contributed by atoms with Crippen LogP contribution in [0.2, 0.25) is 5.02 Å². The van der Waals surface area contributed by atoms with Crippen LogP contribution in [0.3, 0.4) is 0 Å². The molecule has 202 valence electrons. The summed E-state index contributed by atoms with van der Waals surface area (Å²) in [6.07, 6.45) is -0.605. The molecule has 0 aromatic heterocycles. The van der Waals surface area contributed by atoms with Crippen LogP contribution >= 0.6 is 11.6 Å². The molecular formula is C24H28ClF2N3O6S. The third kappa shape index (κ3) is 6.57. The summed E-state index contributed by atoms with van der Waals surface area (Å²) in [5, 5.41) is 9.42. The van der Waals surface area contributed by atoms with Gasteiger partial charge in [-0.25, -0.2) is 22.0 Å². The number of sulfonamides is 1. The first-order chi connectivity index (χ1) is 17.7. The van der Waals surface area contributed by atoms with Gasteiger partial charge in [-0.3, -0.25) is 4.90 Å². The molecule has 9 nitrogen and oxygen atoms in total. The number of piperazine rings is 1. The minimum Gasteiger partial charge on any atom is -0.448 e. The number of rotatable bonds is 7. The Morgan fingerprint density at radius 2 is 1.70 bits per heavy atom. The van der Waals surface area contributed by atoms with Gasteiger partial charge in [-0.05, 0) is 42.0 Å². The number of morpholine rings is 1. The Bertz CT molecular complexity index is 1180. The SMILES string of the molecule is O=C(OC[C@@H]1COC[C@@H](c2cc(F)cc(F)c2)N1S(=O)(=O)c1ccc(Cl)cc1)N1CCN(CCO)CC1. The number of carbonyl (C=O) groups is 1. The molecule has 2 aliphatic heterocycles. The molecule has 2 saturated heterocycles. The van der Waals surface area contributed by atoms with Crippen molar-refractivity contribution in [2.24, 2.45) is 0 Å². The van der Waals surface area contributed by atoms with Gasteiger partial charge < -0.3 is 19.5 Å². The maximum Gasteiger partial charge on any atom is 0.409 e. The van der Waals surface area contributed by atoms with Gasteiger partial charge >= 0.3 is 6.09 Å². The fourth-order valence-electron chi connectivity index (χ4n) is 4.50. The molecule has 0 unspecified atom stereocenters. The van der Waals surface area contributed by atoms with Crippen LogP contribution < -0.4 is 0 Å². The van der Waals surface area contributed by atoms with E-state index in [0.717, 1.165) is 16.4 Å². The number of carbonyl (C=O) groups excluding carboxylic acids is 1. The molecule has 2 atom stereocenters. The second kappa shape index (κ2) is 12.0. The fourth-order valence-corrected chi connectivity index (χ4v) is 6.38. The standard InChI is InChI=1S/C24H28ClF2N3O6S/c25-18-1-3-22(4-2-18)37(33,34)30-21(14-35-16-23(30)17-11-19(26)13-20(27)12-17)15-36-24(32)29-7-5-28(6-8-29)9-10-31/h1-4,11-13,21,23,31H,5-10,14-16H2/t21-,23-/m0/s1. The van der Waals surface area contributed by atoms with E-state index in [9.17, 15) is 22.0 Å². The van der Waals surface area contributed by atoms with E-state index >= 15 is 0 Å². The average Bonchev–Trinajstić information content (AvgIpc) is 2.87. The number of halogens is 3. The lowest BCUT2D eigenvalue weighted by Crippen LogP contribution is -2.54. The molecule has 0 radical (unpaired) electrons. The predicted molar refractivity (Wildman–Crippen MR) is 131 cm³/mol. The Kier molecular flexibility index (Phi) is 8.98. The summed E-state index contributed by atoms with van der Waals surface area (Å²) in [6, 6.07) is 6.33. The van der Waals surface area contributed by atoms with Crippen molar-refractivity contribution in [2.75, 3.05) is 59.2 Å². The van der Waals surface area contributed by atoms with Gasteiger partial charge in [0.05, 0.1) is 36.8 Å². The highest BCUT2D eigenvalue weighted by atomic mass is 35.5. The summed E-state index contributed by atoms with van der Waals surface area (Å²) in [6.45, 7) is 1.94. The van der Waals surface area contributed by atoms with Crippen molar-refractivity contribution in [1.82, 2.24) is 14.1 Å². The molecule has 1 amide bonds. The first-order valence-corrected chi connectivity index (χ1v) is 13.6. The van der Waals surface area contributed by atoms with Crippen LogP contribution in [-0.4, -0.2) is 98.9 Å². The van der Waals surface area contributed by atoms with Crippen molar-refractivity contribution < 1.29 is 36.6 Å². The monoisotopic (exact) mass is 559 g/mol. The van der Waals surface area contributed by atoms with E-state index in [1.54, 1.807) is 0 Å². The van der Waals surface area contributed by atoms with Crippen LogP contribution in [0.5, 0.6) is 0 Å². The zero-order valence-electron chi connectivity index (χ0n) is 19.9. The smallest absolute Gasteiger partial charge is 0.409 e. The van der Waals surface area contributed by atoms with Gasteiger partial charge in [0.2, 0.25) is 10.0 Å². The second-order valence-electron chi connectivity index (χ2n) is 8.83. The number of nitrogens with zero attached hydrogens (tertiary/aromatic N) is 3. The van der Waals surface area contributed by atoms with Crippen LogP contribution in [0, 0.1) is 11.6 Å². The molecule has 1 N–H and O–H groups in total. The zero-order valence-corrected chi connectivity index (χ0v) is 21.5. The van der Waals surface area contributed by atoms with E-state index in [-0.39, 0.29) is 36.9 Å². The molecule has 2 heterocycles. The minimum absolute atomic E-state index is 0.0282. The van der Waals surface area contributed by atoms with Gasteiger partial charge in [-0.1, -0.05) is 11.6 Å². The largest absolute Gasteiger partial charge is 0.448 e. The molecule has 0 bridgehead atoms. The normalized spacial score (nSPS) is 21.7. The summed E-state index contributed by atoms with van der Waals surface area (Å²) in [5.41, 5.74) is 0.0751. The van der Waals surface area contributed by atoms with Crippen molar-refractivity contribution in [3.8, 4) is 0 Å². The number of hydrogen-bond donors (Lipinski definition) is 1. The van der Waals surface area contributed by atoms with Gasteiger partial charge in [0, 0.05) is 43.8 Å². The molecule has 2 aliphatic rings. The van der Waals surface area contributed by atoms with E-state index in [4.69, 9.17) is 26.2 Å². The van der Waals surface area contributed by atoms with Crippen molar-refractivity contribution in [1.29, 1.82) is 0 Å². The van der Waals surface area contributed by atoms with E-state index in [0.29, 0.717) is 43.8 Å². The molecule has 2 aromatic carbocycles. The summed E-state index contributed by atoms with van der Waals surface area (Å²) in [5.74, 6) is -1.71. The number of ether oxygens (including phenoxy) is 2. The van der Waals surface area contributed by atoms with Gasteiger partial charge in [0.1, 0.15) is 18.2 Å². The van der Waals surface area contributed by atoms with E-state index in [1.165, 1.54) is 29.2 Å². The zero-order chi connectivity index (χ0) is 26.6. The van der Waals surface area contributed by atoms with Crippen molar-refractivity contribution in [3.05, 3.63) is 64.7 Å². The van der Waals surface area contributed by atoms with Gasteiger partial charge in [0.15, 0.2) is 0 Å². The van der Waals surface area contributed by atoms with Crippen molar-refractivity contribution in [3.63, 3.8) is 0 Å². The highest BCUT2D eigenvalue weighted by molar-refractivity contribution is 7.89. The molecule has 0 saturated carbocycles. The van der Waals surface area contributed by atoms with Crippen LogP contribution in [0.1, 0.15) is 11.6 Å². The lowest BCUT2D eigenvalue weighted by Gasteiger charge is -2.41. The number of β-amino-alcohol motifs (C(OH)–C–C–N with tert-alkyl or cyclic N) is 1. The minimum atomic E-state index is -4.22. The summed E-state index contributed by atoms with van der Waals surface area (Å²) in [7, 11) is -4.22. The Morgan fingerprint density at radius 1 is 1.05 bits per heavy atom. The molecule has 2 fully saturated rings. The molecule has 2 aromatic rings. The molecule has 37 heavy (non-hydrogen) atoms. The highest BCUT2D eigenvalue weighted by Gasteiger charge is 2.42. The highest BCUT2D eigenvalue weighted by Crippen LogP contribution is 2.34. The molecule has 0 spiro atoms. The Labute approximate surface area is 219 Å². The topological polar surface area (TPSA) is 99.6 Å². The Balaban J connectivity index is 1.57. The molecular weight excluding hydrogens is 532 g/mol. The fraction of sp³-hybridized carbons (Fsp3) is 0.458. The Morgan fingerprint density at radius 3 is 2.32 bits per heavy atom. The number of aliphatic hydroxyl groups is 1. The van der Waals surface area contributed by atoms with Crippen LogP contribution in [0.25, 0.3) is 0 Å². The molecule has 0 aliphatic carbocycles. The summed E-state index contributed by atoms with van der Waals surface area (Å²) < 4.78 is 67.9. The van der Waals surface area contributed by atoms with E-state index < -0.39 is 39.8 Å². The Hall–Kier alpha value is -2.35. The van der Waals surface area contributed by atoms with Crippen molar-refractivity contribution in [2.45, 2.75) is 17.0 Å². The van der Waals surface area contributed by atoms with Gasteiger partial charge in [-0.15, -0.1) is 0 Å². The quantitative estimate of drug-likeness (QED) is 0.556. The van der Waals surface area contributed by atoms with Gasteiger partial charge in [-0.2, -0.15) is 4.31 Å². The maximum absolute atomic E-state index is 14.1. The van der Waals surface area contributed by atoms with Crippen LogP contribution in [0.15, 0.2) is 47.4 Å². The van der Waals surface area contributed by atoms with Gasteiger partial charge in [0.25, 0.3) is 0 Å². The third-order valence-corrected chi connectivity index (χ3v) is 8.59. The second-order valence-corrected chi connectivity index (χ2v) is 11.1. The first-order valence-electron chi connectivity index (χ1n) is 11.8. The number of benzene rings is 2. The molecule has 4 rings (SSSR count). The molecule has 13 heteroatoms. The summed E-state index contributed by atoms with van der Waals surface area (Å²) >= 11 is 5.93. The maximum atomic E-state index is 14.1. The van der Waals surface area contributed by atoms with Crippen LogP contribution in [0.4, 0.5) is 13.6 Å². The lowest BCUT2D eigenvalue weighted by molar-refractivity contribution is -0.0323. The van der Waals surface area contributed by atoms with E-state index in [2.05, 4.69) is 0 Å². The number of aliphatic hydroxyl groups excluding tert-OH is 1. The van der Waals surface area contributed by atoms with Crippen LogP contribution in [-0.2, 0) is 19.5 Å². The van der Waals surface area contributed by atoms with E-state index in [1.807, 2.05) is 4.90 Å². The number of amides is 1. The first kappa shape index (κ1) is 27.7. The lowest BCUT2D eigenvalue weighted by atomic mass is 10.0.